The average molecular weight is 128 g/mol. The standard InChI is InChI=1S/C7H12O2/c1-6(8-3)5-7(2)9-4/h5H,3H2,1-2,4H3. The van der Waals surface area contributed by atoms with Gasteiger partial charge in [-0.15, -0.1) is 6.08 Å². The smallest absolute Gasteiger partial charge is 0.257 e. The summed E-state index contributed by atoms with van der Waals surface area (Å²) in [6, 6.07) is 0. The van der Waals surface area contributed by atoms with E-state index in [0.29, 0.717) is 0 Å². The van der Waals surface area contributed by atoms with E-state index in [-0.39, 0.29) is 0 Å². The largest absolute Gasteiger partial charge is 0.442 e. The van der Waals surface area contributed by atoms with Gasteiger partial charge in [0.15, 0.2) is 5.76 Å². The van der Waals surface area contributed by atoms with Crippen LogP contribution in [0.15, 0.2) is 11.8 Å². The van der Waals surface area contributed by atoms with Gasteiger partial charge in [-0.1, -0.05) is 13.0 Å². The molecule has 52 valence electrons. The zero-order chi connectivity index (χ0) is 7.28. The Morgan fingerprint density at radius 1 is 1.78 bits per heavy atom. The maximum Gasteiger partial charge on any atom is 0.257 e. The monoisotopic (exact) mass is 128 g/mol. The topological polar surface area (TPSA) is 20.5 Å². The molecule has 0 aliphatic rings. The van der Waals surface area contributed by atoms with E-state index in [2.05, 4.69) is 11.2 Å². The molecule has 0 bridgehead atoms. The molecule has 2 heteroatoms. The first-order valence-corrected chi connectivity index (χ1v) is 2.68. The van der Waals surface area contributed by atoms with Crippen LogP contribution in [0, 0.1) is 6.10 Å². The molecule has 0 heterocycles. The van der Waals surface area contributed by atoms with Crippen LogP contribution in [0.5, 0.6) is 0 Å². The molecule has 0 saturated carbocycles. The quantitative estimate of drug-likeness (QED) is 0.320. The van der Waals surface area contributed by atoms with E-state index in [9.17, 15) is 0 Å². The molecule has 0 N–H and O–H groups in total. The minimum atomic E-state index is 0.745. The summed E-state index contributed by atoms with van der Waals surface area (Å²) in [6.45, 7) is 6.90. The van der Waals surface area contributed by atoms with Crippen LogP contribution in [-0.2, 0) is 9.16 Å². The molecule has 0 rings (SSSR count). The van der Waals surface area contributed by atoms with Gasteiger partial charge < -0.3 is 9.16 Å². The molecule has 9 heavy (non-hydrogen) atoms. The summed E-state index contributed by atoms with van der Waals surface area (Å²) in [5.41, 5.74) is 0. The summed E-state index contributed by atoms with van der Waals surface area (Å²) in [7, 11) is 1.61. The molecular weight excluding hydrogens is 116 g/mol. The Balaban J connectivity index is 3.78. The molecule has 0 aromatic carbocycles. The van der Waals surface area contributed by atoms with Gasteiger partial charge in [0.25, 0.3) is 6.79 Å². The van der Waals surface area contributed by atoms with Crippen molar-refractivity contribution in [2.45, 2.75) is 13.8 Å². The Hall–Kier alpha value is -0.760. The maximum atomic E-state index is 4.86. The summed E-state index contributed by atoms with van der Waals surface area (Å²) in [5, 5.41) is 0. The first-order valence-electron chi connectivity index (χ1n) is 2.68. The Kier molecular flexibility index (Phi) is 3.80. The van der Waals surface area contributed by atoms with Crippen LogP contribution in [0.4, 0.5) is 0 Å². The predicted octanol–water partition coefficient (Wildman–Crippen LogP) is 1.45. The molecule has 0 aromatic heterocycles. The van der Waals surface area contributed by atoms with Crippen molar-refractivity contribution in [1.82, 2.24) is 0 Å². The third-order valence-electron chi connectivity index (χ3n) is 0.956. The van der Waals surface area contributed by atoms with E-state index in [0.717, 1.165) is 11.9 Å². The fourth-order valence-corrected chi connectivity index (χ4v) is 0.387. The molecule has 0 aromatic rings. The molecule has 2 nitrogen and oxygen atoms in total. The molecule has 0 saturated heterocycles. The van der Waals surface area contributed by atoms with Crippen molar-refractivity contribution >= 4 is 6.79 Å². The van der Waals surface area contributed by atoms with Gasteiger partial charge in [0.05, 0.1) is 0 Å². The van der Waals surface area contributed by atoms with Crippen LogP contribution in [0.2, 0.25) is 0 Å². The van der Waals surface area contributed by atoms with Crippen LogP contribution in [-0.4, -0.2) is 13.9 Å². The highest BCUT2D eigenvalue weighted by molar-refractivity contribution is 5.15. The summed E-state index contributed by atoms with van der Waals surface area (Å²) >= 11 is 0. The second-order valence-corrected chi connectivity index (χ2v) is 1.71. The molecule has 0 radical (unpaired) electrons. The van der Waals surface area contributed by atoms with Gasteiger partial charge >= 0.3 is 0 Å². The van der Waals surface area contributed by atoms with E-state index in [4.69, 9.17) is 4.74 Å². The van der Waals surface area contributed by atoms with E-state index in [1.165, 1.54) is 0 Å². The van der Waals surface area contributed by atoms with Crippen molar-refractivity contribution in [2.24, 2.45) is 0 Å². The number of ether oxygens (including phenoxy) is 1. The third-order valence-corrected chi connectivity index (χ3v) is 0.956. The van der Waals surface area contributed by atoms with E-state index in [1.807, 2.05) is 13.8 Å². The lowest BCUT2D eigenvalue weighted by Crippen LogP contribution is -1.90. The normalized spacial score (nSPS) is 11.2. The molecular formula is C7H12O2. The second kappa shape index (κ2) is 4.15. The molecule has 0 unspecified atom stereocenters. The molecule has 0 aliphatic carbocycles. The fourth-order valence-electron chi connectivity index (χ4n) is 0.387. The van der Waals surface area contributed by atoms with Crippen LogP contribution in [0.3, 0.4) is 0 Å². The molecule has 0 spiro atoms. The van der Waals surface area contributed by atoms with Gasteiger partial charge in [-0.25, -0.2) is 0 Å². The van der Waals surface area contributed by atoms with Crippen LogP contribution < -0.4 is 0 Å². The molecule has 0 amide bonds. The highest BCUT2D eigenvalue weighted by atomic mass is 16.5. The first-order chi connectivity index (χ1) is 4.20. The Labute approximate surface area is 55.8 Å². The minimum Gasteiger partial charge on any atom is -0.442 e. The lowest BCUT2D eigenvalue weighted by Gasteiger charge is -2.09. The Morgan fingerprint density at radius 2 is 2.33 bits per heavy atom. The van der Waals surface area contributed by atoms with E-state index in [1.54, 1.807) is 13.2 Å². The third kappa shape index (κ3) is 3.79. The first kappa shape index (κ1) is 8.24. The SMILES string of the molecule is C=[O+]C(C)=C[C-](C)OC. The molecule has 0 atom stereocenters. The van der Waals surface area contributed by atoms with E-state index >= 15 is 0 Å². The van der Waals surface area contributed by atoms with Gasteiger partial charge in [-0.05, 0) is 6.92 Å². The van der Waals surface area contributed by atoms with Gasteiger partial charge in [0.2, 0.25) is 0 Å². The lowest BCUT2D eigenvalue weighted by atomic mass is 10.3. The predicted molar refractivity (Wildman–Crippen MR) is 36.8 cm³/mol. The molecule has 0 aliphatic heterocycles. The van der Waals surface area contributed by atoms with Crippen molar-refractivity contribution < 1.29 is 9.16 Å². The van der Waals surface area contributed by atoms with Crippen LogP contribution in [0.1, 0.15) is 13.8 Å². The highest BCUT2D eigenvalue weighted by Crippen LogP contribution is 2.02. The zero-order valence-corrected chi connectivity index (χ0v) is 6.10. The Bertz CT molecular complexity index is 116. The number of rotatable bonds is 3. The Morgan fingerprint density at radius 3 is 2.67 bits per heavy atom. The van der Waals surface area contributed by atoms with Gasteiger partial charge in [0, 0.05) is 7.11 Å². The van der Waals surface area contributed by atoms with Crippen molar-refractivity contribution in [3.63, 3.8) is 0 Å². The van der Waals surface area contributed by atoms with Gasteiger partial charge in [0.1, 0.15) is 0 Å². The van der Waals surface area contributed by atoms with Crippen molar-refractivity contribution in [3.8, 4) is 0 Å². The maximum absolute atomic E-state index is 4.86. The van der Waals surface area contributed by atoms with E-state index < -0.39 is 0 Å². The van der Waals surface area contributed by atoms with Gasteiger partial charge in [-0.3, -0.25) is 0 Å². The molecule has 0 fully saturated rings. The average Bonchev–Trinajstić information content (AvgIpc) is 1.87. The summed E-state index contributed by atoms with van der Waals surface area (Å²) in [6.07, 6.45) is 2.59. The number of methoxy groups -OCH3 is 1. The highest BCUT2D eigenvalue weighted by Gasteiger charge is 1.87. The van der Waals surface area contributed by atoms with Crippen LogP contribution in [0.25, 0.3) is 0 Å². The van der Waals surface area contributed by atoms with Crippen molar-refractivity contribution in [3.05, 3.63) is 17.9 Å². The number of allylic oxidation sites excluding steroid dienone is 1. The number of hydrogen-bond acceptors (Lipinski definition) is 1. The number of carbonyl (C=O) groups excluding carboxylic acids is 1. The van der Waals surface area contributed by atoms with Gasteiger partial charge in [-0.2, -0.15) is 0 Å². The minimum absolute atomic E-state index is 0.745. The number of hydrogen-bond donors (Lipinski definition) is 0. The summed E-state index contributed by atoms with van der Waals surface area (Å²) < 4.78 is 9.49. The van der Waals surface area contributed by atoms with Crippen molar-refractivity contribution in [1.29, 1.82) is 0 Å². The fraction of sp³-hybridized carbons (Fsp3) is 0.429. The summed E-state index contributed by atoms with van der Waals surface area (Å²) in [5.74, 6) is 0.745. The second-order valence-electron chi connectivity index (χ2n) is 1.71. The lowest BCUT2D eigenvalue weighted by molar-refractivity contribution is -0.386. The van der Waals surface area contributed by atoms with Crippen molar-refractivity contribution in [2.75, 3.05) is 7.11 Å². The zero-order valence-electron chi connectivity index (χ0n) is 6.10. The van der Waals surface area contributed by atoms with Crippen LogP contribution >= 0.6 is 0 Å². The summed E-state index contributed by atoms with van der Waals surface area (Å²) in [4.78, 5) is 0.